The van der Waals surface area contributed by atoms with E-state index in [4.69, 9.17) is 9.47 Å². The van der Waals surface area contributed by atoms with Crippen LogP contribution in [0.2, 0.25) is 0 Å². The SMILES string of the molecule is [2H][C@]1(C(=O)OCC)CN2CCc3c([nH]c4ccccc34)[C@H]2[C@H](C(=O)OCC)[C@@H]1c1ccccc1. The van der Waals surface area contributed by atoms with Crippen molar-refractivity contribution in [3.05, 3.63) is 71.4 Å². The molecule has 1 N–H and O–H groups in total. The van der Waals surface area contributed by atoms with Crippen LogP contribution in [0.25, 0.3) is 10.9 Å². The summed E-state index contributed by atoms with van der Waals surface area (Å²) in [6.45, 7) is 4.77. The maximum Gasteiger partial charge on any atom is 0.311 e. The Kier molecular flexibility index (Phi) is 5.60. The van der Waals surface area contributed by atoms with Crippen molar-refractivity contribution in [1.82, 2.24) is 9.88 Å². The highest BCUT2D eigenvalue weighted by molar-refractivity contribution is 5.86. The molecule has 6 nitrogen and oxygen atoms in total. The van der Waals surface area contributed by atoms with Gasteiger partial charge in [0.15, 0.2) is 0 Å². The zero-order valence-corrected chi connectivity index (χ0v) is 19.0. The Morgan fingerprint density at radius 1 is 1.03 bits per heavy atom. The van der Waals surface area contributed by atoms with E-state index in [0.717, 1.165) is 28.6 Å². The molecule has 1 saturated heterocycles. The first-order chi connectivity index (χ1) is 16.5. The molecule has 2 aliphatic rings. The van der Waals surface area contributed by atoms with Crippen LogP contribution < -0.4 is 0 Å². The summed E-state index contributed by atoms with van der Waals surface area (Å²) in [5.74, 6) is -4.09. The normalized spacial score (nSPS) is 27.3. The third-order valence-corrected chi connectivity index (χ3v) is 6.89. The number of nitrogens with zero attached hydrogens (tertiary/aromatic N) is 1. The summed E-state index contributed by atoms with van der Waals surface area (Å²) in [6, 6.07) is 17.3. The molecule has 0 radical (unpaired) electrons. The van der Waals surface area contributed by atoms with Crippen LogP contribution in [0.15, 0.2) is 54.6 Å². The van der Waals surface area contributed by atoms with Crippen LogP contribution in [0.1, 0.15) is 44.0 Å². The minimum atomic E-state index is -1.64. The van der Waals surface area contributed by atoms with E-state index in [-0.39, 0.29) is 25.8 Å². The van der Waals surface area contributed by atoms with Gasteiger partial charge >= 0.3 is 11.9 Å². The summed E-state index contributed by atoms with van der Waals surface area (Å²) in [7, 11) is 0. The number of aromatic amines is 1. The first-order valence-corrected chi connectivity index (χ1v) is 11.7. The van der Waals surface area contributed by atoms with E-state index < -0.39 is 29.7 Å². The molecule has 2 aromatic carbocycles. The molecule has 1 fully saturated rings. The number of para-hydroxylation sites is 1. The molecule has 1 aromatic heterocycles. The molecule has 3 aromatic rings. The second-order valence-corrected chi connectivity index (χ2v) is 8.64. The van der Waals surface area contributed by atoms with E-state index in [1.165, 1.54) is 5.56 Å². The van der Waals surface area contributed by atoms with Crippen LogP contribution in [-0.4, -0.2) is 48.1 Å². The second kappa shape index (κ2) is 9.02. The Labute approximate surface area is 195 Å². The predicted octanol–water partition coefficient (Wildman–Crippen LogP) is 4.22. The lowest BCUT2D eigenvalue weighted by Crippen LogP contribution is -2.54. The van der Waals surface area contributed by atoms with Crippen molar-refractivity contribution in [1.29, 1.82) is 0 Å². The van der Waals surface area contributed by atoms with Crippen molar-refractivity contribution in [3.8, 4) is 0 Å². The summed E-state index contributed by atoms with van der Waals surface area (Å²) in [4.78, 5) is 32.6. The highest BCUT2D eigenvalue weighted by Crippen LogP contribution is 2.51. The molecule has 0 bridgehead atoms. The fraction of sp³-hybridized carbons (Fsp3) is 0.407. The number of carbonyl (C=O) groups excluding carboxylic acids is 2. The van der Waals surface area contributed by atoms with Crippen LogP contribution in [0.5, 0.6) is 0 Å². The van der Waals surface area contributed by atoms with Gasteiger partial charge in [-0.05, 0) is 37.5 Å². The van der Waals surface area contributed by atoms with E-state index in [0.29, 0.717) is 6.54 Å². The molecule has 6 heteroatoms. The van der Waals surface area contributed by atoms with Gasteiger partial charge in [0.2, 0.25) is 0 Å². The van der Waals surface area contributed by atoms with Crippen molar-refractivity contribution < 1.29 is 20.4 Å². The topological polar surface area (TPSA) is 71.6 Å². The van der Waals surface area contributed by atoms with E-state index in [2.05, 4.69) is 16.0 Å². The third-order valence-electron chi connectivity index (χ3n) is 6.89. The van der Waals surface area contributed by atoms with Crippen LogP contribution >= 0.6 is 0 Å². The quantitative estimate of drug-likeness (QED) is 0.593. The van der Waals surface area contributed by atoms with Crippen molar-refractivity contribution in [2.45, 2.75) is 32.2 Å². The van der Waals surface area contributed by atoms with Gasteiger partial charge in [0.05, 0.1) is 31.1 Å². The molecule has 33 heavy (non-hydrogen) atoms. The third kappa shape index (κ3) is 3.72. The number of nitrogens with one attached hydrogen (secondary N) is 1. The van der Waals surface area contributed by atoms with Gasteiger partial charge in [0, 0.05) is 37.0 Å². The van der Waals surface area contributed by atoms with Crippen LogP contribution in [-0.2, 0) is 25.5 Å². The zero-order valence-electron chi connectivity index (χ0n) is 20.0. The van der Waals surface area contributed by atoms with Gasteiger partial charge in [-0.25, -0.2) is 0 Å². The number of ether oxygens (including phenoxy) is 2. The fourth-order valence-corrected chi connectivity index (χ4v) is 5.61. The minimum absolute atomic E-state index is 0.181. The van der Waals surface area contributed by atoms with E-state index in [1.54, 1.807) is 13.8 Å². The van der Waals surface area contributed by atoms with Crippen molar-refractivity contribution in [2.75, 3.05) is 26.3 Å². The number of piperidine rings is 1. The van der Waals surface area contributed by atoms with Gasteiger partial charge in [-0.1, -0.05) is 48.5 Å². The van der Waals surface area contributed by atoms with Gasteiger partial charge < -0.3 is 14.5 Å². The van der Waals surface area contributed by atoms with E-state index in [1.807, 2.05) is 48.5 Å². The average molecular weight is 448 g/mol. The highest BCUT2D eigenvalue weighted by atomic mass is 16.5. The van der Waals surface area contributed by atoms with Gasteiger partial charge in [0.1, 0.15) is 0 Å². The number of hydrogen-bond acceptors (Lipinski definition) is 5. The number of carbonyl (C=O) groups is 2. The highest BCUT2D eigenvalue weighted by Gasteiger charge is 2.53. The number of aromatic nitrogens is 1. The molecule has 0 aliphatic carbocycles. The Bertz CT molecular complexity index is 1210. The molecule has 0 unspecified atom stereocenters. The molecule has 0 amide bonds. The van der Waals surface area contributed by atoms with Crippen molar-refractivity contribution >= 4 is 22.8 Å². The first-order valence-electron chi connectivity index (χ1n) is 12.2. The molecule has 4 atom stereocenters. The second-order valence-electron chi connectivity index (χ2n) is 8.64. The molecular weight excluding hydrogens is 416 g/mol. The Balaban J connectivity index is 1.72. The maximum absolute atomic E-state index is 13.6. The van der Waals surface area contributed by atoms with Crippen LogP contribution in [0.3, 0.4) is 0 Å². The lowest BCUT2D eigenvalue weighted by molar-refractivity contribution is -0.162. The number of esters is 2. The van der Waals surface area contributed by atoms with Gasteiger partial charge in [-0.15, -0.1) is 0 Å². The average Bonchev–Trinajstić information content (AvgIpc) is 3.22. The first kappa shape index (κ1) is 20.5. The predicted molar refractivity (Wildman–Crippen MR) is 126 cm³/mol. The van der Waals surface area contributed by atoms with Crippen molar-refractivity contribution in [3.63, 3.8) is 0 Å². The standard InChI is InChI=1S/C27H30N2O4/c1-3-32-26(30)20-16-29-15-14-19-18-12-8-9-13-21(18)28-24(19)25(29)23(27(31)33-4-2)22(20)17-10-6-5-7-11-17/h5-13,20,22-23,25,28H,3-4,14-16H2,1-2H3/t20-,22+,23+,25+/m0/s1/i20D. The molecule has 3 heterocycles. The Morgan fingerprint density at radius 2 is 1.73 bits per heavy atom. The smallest absolute Gasteiger partial charge is 0.311 e. The molecule has 0 spiro atoms. The van der Waals surface area contributed by atoms with Crippen molar-refractivity contribution in [2.24, 2.45) is 11.8 Å². The minimum Gasteiger partial charge on any atom is -0.466 e. The number of fused-ring (bicyclic) bond motifs is 5. The monoisotopic (exact) mass is 447 g/mol. The van der Waals surface area contributed by atoms with Crippen LogP contribution in [0, 0.1) is 11.8 Å². The summed E-state index contributed by atoms with van der Waals surface area (Å²) >= 11 is 0. The largest absolute Gasteiger partial charge is 0.466 e. The summed E-state index contributed by atoms with van der Waals surface area (Å²) in [6.07, 6.45) is 0.778. The summed E-state index contributed by atoms with van der Waals surface area (Å²) in [5.41, 5.74) is 3.98. The number of benzene rings is 2. The summed E-state index contributed by atoms with van der Waals surface area (Å²) < 4.78 is 20.5. The van der Waals surface area contributed by atoms with Gasteiger partial charge in [0.25, 0.3) is 0 Å². The number of rotatable bonds is 5. The fourth-order valence-electron chi connectivity index (χ4n) is 5.61. The maximum atomic E-state index is 13.6. The van der Waals surface area contributed by atoms with Crippen LogP contribution in [0.4, 0.5) is 0 Å². The number of hydrogen-bond donors (Lipinski definition) is 1. The molecule has 0 saturated carbocycles. The molecule has 172 valence electrons. The van der Waals surface area contributed by atoms with Gasteiger partial charge in [-0.2, -0.15) is 0 Å². The Hall–Kier alpha value is -3.12. The molecule has 2 aliphatic heterocycles. The summed E-state index contributed by atoms with van der Waals surface area (Å²) in [5, 5.41) is 1.16. The number of H-pyrrole nitrogens is 1. The lowest BCUT2D eigenvalue weighted by atomic mass is 9.67. The molecular formula is C27H30N2O4. The van der Waals surface area contributed by atoms with E-state index >= 15 is 0 Å². The lowest BCUT2D eigenvalue weighted by Gasteiger charge is -2.49. The zero-order chi connectivity index (χ0) is 23.9. The molecule has 5 rings (SSSR count). The van der Waals surface area contributed by atoms with Gasteiger partial charge in [-0.3, -0.25) is 14.5 Å². The Morgan fingerprint density at radius 3 is 2.48 bits per heavy atom. The van der Waals surface area contributed by atoms with E-state index in [9.17, 15) is 11.0 Å².